The molecule has 2 aliphatic rings. The van der Waals surface area contributed by atoms with E-state index in [0.717, 1.165) is 50.6 Å². The third kappa shape index (κ3) is 6.54. The van der Waals surface area contributed by atoms with Gasteiger partial charge in [0.1, 0.15) is 0 Å². The van der Waals surface area contributed by atoms with Crippen LogP contribution in [0, 0.1) is 18.8 Å². The van der Waals surface area contributed by atoms with Gasteiger partial charge in [0.15, 0.2) is 5.69 Å². The van der Waals surface area contributed by atoms with E-state index >= 15 is 0 Å². The second kappa shape index (κ2) is 12.1. The normalized spacial score (nSPS) is 20.0. The minimum atomic E-state index is -0.0938. The Morgan fingerprint density at radius 1 is 1.17 bits per heavy atom. The van der Waals surface area contributed by atoms with Gasteiger partial charge in [0.25, 0.3) is 5.91 Å². The van der Waals surface area contributed by atoms with Gasteiger partial charge in [-0.1, -0.05) is 26.0 Å². The lowest BCUT2D eigenvalue weighted by atomic mass is 9.94. The van der Waals surface area contributed by atoms with Gasteiger partial charge in [-0.15, -0.1) is 29.9 Å². The van der Waals surface area contributed by atoms with Gasteiger partial charge in [0, 0.05) is 12.6 Å². The molecule has 0 bridgehead atoms. The van der Waals surface area contributed by atoms with Gasteiger partial charge in [-0.25, -0.2) is 4.68 Å². The second-order valence-electron chi connectivity index (χ2n) is 8.69. The fraction of sp³-hybridized carbons (Fsp3) is 0.850. The van der Waals surface area contributed by atoms with E-state index in [4.69, 9.17) is 0 Å². The van der Waals surface area contributed by atoms with Crippen molar-refractivity contribution in [1.29, 1.82) is 0 Å². The van der Waals surface area contributed by atoms with Crippen molar-refractivity contribution in [2.75, 3.05) is 32.7 Å². The smallest absolute Gasteiger partial charge is 0.273 e. The summed E-state index contributed by atoms with van der Waals surface area (Å²) >= 11 is 0. The Hall–Kier alpha value is -0.890. The number of aromatic nitrogens is 3. The monoisotopic (exact) mass is 448 g/mol. The largest absolute Gasteiger partial charge is 0.349 e. The van der Waals surface area contributed by atoms with Crippen LogP contribution in [0.15, 0.2) is 0 Å². The highest BCUT2D eigenvalue weighted by molar-refractivity contribution is 5.93. The molecule has 168 valence electrons. The van der Waals surface area contributed by atoms with E-state index in [0.29, 0.717) is 30.2 Å². The number of hydrogen-bond acceptors (Lipinski definition) is 5. The van der Waals surface area contributed by atoms with Gasteiger partial charge >= 0.3 is 0 Å². The van der Waals surface area contributed by atoms with Crippen LogP contribution >= 0.6 is 24.8 Å². The third-order valence-electron chi connectivity index (χ3n) is 6.33. The maximum Gasteiger partial charge on any atom is 0.273 e. The molecule has 7 nitrogen and oxygen atoms in total. The minimum absolute atomic E-state index is 0. The lowest BCUT2D eigenvalue weighted by Crippen LogP contribution is -2.49. The molecular weight excluding hydrogens is 411 g/mol. The first-order valence-corrected chi connectivity index (χ1v) is 10.6. The second-order valence-corrected chi connectivity index (χ2v) is 8.69. The number of piperidine rings is 2. The van der Waals surface area contributed by atoms with Crippen LogP contribution in [-0.4, -0.2) is 64.6 Å². The maximum absolute atomic E-state index is 12.8. The van der Waals surface area contributed by atoms with Gasteiger partial charge in [0.05, 0.1) is 11.7 Å². The van der Waals surface area contributed by atoms with Crippen molar-refractivity contribution >= 4 is 30.7 Å². The summed E-state index contributed by atoms with van der Waals surface area (Å²) in [6.07, 6.45) is 4.57. The Labute approximate surface area is 187 Å². The highest BCUT2D eigenvalue weighted by atomic mass is 35.5. The van der Waals surface area contributed by atoms with Gasteiger partial charge < -0.3 is 10.6 Å². The van der Waals surface area contributed by atoms with Crippen LogP contribution in [-0.2, 0) is 0 Å². The summed E-state index contributed by atoms with van der Waals surface area (Å²) in [4.78, 5) is 15.3. The van der Waals surface area contributed by atoms with Gasteiger partial charge in [-0.05, 0) is 70.6 Å². The zero-order chi connectivity index (χ0) is 19.4. The SMILES string of the molecule is Cc1c(C(=O)NCC(C(C)C)N2CCC(C)CC2)nnn1C1CCNCC1.Cl.Cl. The molecule has 3 heterocycles. The van der Waals surface area contributed by atoms with E-state index in [9.17, 15) is 4.79 Å². The summed E-state index contributed by atoms with van der Waals surface area (Å²) in [6.45, 7) is 13.7. The zero-order valence-electron chi connectivity index (χ0n) is 18.2. The molecule has 2 aliphatic heterocycles. The van der Waals surface area contributed by atoms with Crippen LogP contribution in [0.1, 0.15) is 68.7 Å². The predicted octanol–water partition coefficient (Wildman–Crippen LogP) is 2.84. The molecule has 0 spiro atoms. The molecule has 1 amide bonds. The molecule has 1 atom stereocenters. The number of rotatable bonds is 6. The number of likely N-dealkylation sites (tertiary alicyclic amines) is 1. The number of carbonyl (C=O) groups is 1. The van der Waals surface area contributed by atoms with Crippen molar-refractivity contribution < 1.29 is 4.79 Å². The molecule has 1 aromatic rings. The molecule has 0 saturated carbocycles. The molecule has 2 fully saturated rings. The zero-order valence-corrected chi connectivity index (χ0v) is 19.8. The molecule has 0 aromatic carbocycles. The third-order valence-corrected chi connectivity index (χ3v) is 6.33. The number of halogens is 2. The van der Waals surface area contributed by atoms with Crippen LogP contribution in [0.25, 0.3) is 0 Å². The Morgan fingerprint density at radius 3 is 2.38 bits per heavy atom. The van der Waals surface area contributed by atoms with Gasteiger partial charge in [-0.3, -0.25) is 9.69 Å². The molecule has 0 aliphatic carbocycles. The highest BCUT2D eigenvalue weighted by Gasteiger charge is 2.27. The standard InChI is InChI=1S/C20H36N6O.2ClH/c1-14(2)18(25-11-7-15(3)8-12-25)13-22-20(27)19-16(4)26(24-23-19)17-5-9-21-10-6-17;;/h14-15,17-18,21H,5-13H2,1-4H3,(H,22,27);2*1H. The number of carbonyl (C=O) groups excluding carboxylic acids is 1. The van der Waals surface area contributed by atoms with Crippen molar-refractivity contribution in [2.24, 2.45) is 11.8 Å². The van der Waals surface area contributed by atoms with Crippen LogP contribution in [0.4, 0.5) is 0 Å². The van der Waals surface area contributed by atoms with Crippen molar-refractivity contribution in [3.63, 3.8) is 0 Å². The molecule has 1 aromatic heterocycles. The van der Waals surface area contributed by atoms with Crippen molar-refractivity contribution in [1.82, 2.24) is 30.5 Å². The lowest BCUT2D eigenvalue weighted by Gasteiger charge is -2.38. The van der Waals surface area contributed by atoms with Crippen LogP contribution in [0.5, 0.6) is 0 Å². The topological polar surface area (TPSA) is 75.1 Å². The first-order chi connectivity index (χ1) is 13.0. The number of nitrogens with zero attached hydrogens (tertiary/aromatic N) is 4. The minimum Gasteiger partial charge on any atom is -0.349 e. The lowest BCUT2D eigenvalue weighted by molar-refractivity contribution is 0.0858. The quantitative estimate of drug-likeness (QED) is 0.699. The van der Waals surface area contributed by atoms with Crippen molar-refractivity contribution in [3.8, 4) is 0 Å². The summed E-state index contributed by atoms with van der Waals surface area (Å²) in [7, 11) is 0. The average molecular weight is 449 g/mol. The average Bonchev–Trinajstić information content (AvgIpc) is 3.05. The van der Waals surface area contributed by atoms with Gasteiger partial charge in [0.2, 0.25) is 0 Å². The molecule has 2 saturated heterocycles. The van der Waals surface area contributed by atoms with Crippen LogP contribution in [0.3, 0.4) is 0 Å². The van der Waals surface area contributed by atoms with E-state index in [1.54, 1.807) is 0 Å². The van der Waals surface area contributed by atoms with Crippen LogP contribution < -0.4 is 10.6 Å². The Balaban J connectivity index is 0.00000210. The van der Waals surface area contributed by atoms with E-state index < -0.39 is 0 Å². The molecule has 0 radical (unpaired) electrons. The number of hydrogen-bond donors (Lipinski definition) is 2. The molecular formula is C20H38Cl2N6O. The molecule has 29 heavy (non-hydrogen) atoms. The first kappa shape index (κ1) is 26.1. The highest BCUT2D eigenvalue weighted by Crippen LogP contribution is 2.22. The van der Waals surface area contributed by atoms with E-state index in [1.807, 2.05) is 11.6 Å². The predicted molar refractivity (Wildman–Crippen MR) is 121 cm³/mol. The van der Waals surface area contributed by atoms with Crippen molar-refractivity contribution in [3.05, 3.63) is 11.4 Å². The Kier molecular flexibility index (Phi) is 10.9. The van der Waals surface area contributed by atoms with Crippen LogP contribution in [0.2, 0.25) is 0 Å². The molecule has 3 rings (SSSR count). The Bertz CT molecular complexity index is 624. The molecule has 2 N–H and O–H groups in total. The summed E-state index contributed by atoms with van der Waals surface area (Å²) in [5.41, 5.74) is 1.36. The number of nitrogens with one attached hydrogen (secondary N) is 2. The van der Waals surface area contributed by atoms with Gasteiger partial charge in [-0.2, -0.15) is 0 Å². The Morgan fingerprint density at radius 2 is 1.79 bits per heavy atom. The fourth-order valence-electron chi connectivity index (χ4n) is 4.38. The fourth-order valence-corrected chi connectivity index (χ4v) is 4.38. The van der Waals surface area contributed by atoms with E-state index in [-0.39, 0.29) is 30.7 Å². The number of amides is 1. The first-order valence-electron chi connectivity index (χ1n) is 10.6. The van der Waals surface area contributed by atoms with E-state index in [2.05, 4.69) is 46.6 Å². The summed E-state index contributed by atoms with van der Waals surface area (Å²) in [6, 6.07) is 0.722. The summed E-state index contributed by atoms with van der Waals surface area (Å²) in [5, 5.41) is 15.0. The van der Waals surface area contributed by atoms with Crippen molar-refractivity contribution in [2.45, 2.75) is 65.5 Å². The van der Waals surface area contributed by atoms with E-state index in [1.165, 1.54) is 12.8 Å². The molecule has 1 unspecified atom stereocenters. The summed E-state index contributed by atoms with van der Waals surface area (Å²) < 4.78 is 1.95. The summed E-state index contributed by atoms with van der Waals surface area (Å²) in [5.74, 6) is 1.23. The molecule has 9 heteroatoms. The maximum atomic E-state index is 12.8.